The molecule has 0 spiro atoms. The SMILES string of the molecule is O=C(O)[C@H](CO)CCc1ccc2c(c1)OCO2. The topological polar surface area (TPSA) is 76.0 Å². The van der Waals surface area contributed by atoms with Crippen LogP contribution >= 0.6 is 0 Å². The summed E-state index contributed by atoms with van der Waals surface area (Å²) >= 11 is 0. The van der Waals surface area contributed by atoms with Crippen molar-refractivity contribution >= 4 is 5.97 Å². The quantitative estimate of drug-likeness (QED) is 0.801. The van der Waals surface area contributed by atoms with Crippen LogP contribution in [0.2, 0.25) is 0 Å². The Morgan fingerprint density at radius 2 is 2.12 bits per heavy atom. The van der Waals surface area contributed by atoms with Crippen molar-refractivity contribution < 1.29 is 24.5 Å². The van der Waals surface area contributed by atoms with Gasteiger partial charge in [-0.2, -0.15) is 0 Å². The molecule has 0 radical (unpaired) electrons. The summed E-state index contributed by atoms with van der Waals surface area (Å²) in [6.45, 7) is -0.104. The fourth-order valence-electron chi connectivity index (χ4n) is 1.73. The van der Waals surface area contributed by atoms with Crippen LogP contribution in [-0.2, 0) is 11.2 Å². The van der Waals surface area contributed by atoms with E-state index in [0.717, 1.165) is 5.56 Å². The van der Waals surface area contributed by atoms with Gasteiger partial charge in [0.25, 0.3) is 0 Å². The molecule has 1 aliphatic heterocycles. The first-order valence-electron chi connectivity index (χ1n) is 5.43. The Labute approximate surface area is 98.6 Å². The van der Waals surface area contributed by atoms with Crippen LogP contribution in [0.3, 0.4) is 0 Å². The number of rotatable bonds is 5. The standard InChI is InChI=1S/C12H14O5/c13-6-9(12(14)15)3-1-8-2-4-10-11(5-8)17-7-16-10/h2,4-5,9,13H,1,3,6-7H2,(H,14,15)/t9-/m0/s1. The lowest BCUT2D eigenvalue weighted by Gasteiger charge is -2.08. The number of benzene rings is 1. The highest BCUT2D eigenvalue weighted by atomic mass is 16.7. The van der Waals surface area contributed by atoms with E-state index in [9.17, 15) is 4.79 Å². The van der Waals surface area contributed by atoms with Crippen LogP contribution in [0.15, 0.2) is 18.2 Å². The molecule has 1 aromatic carbocycles. The summed E-state index contributed by atoms with van der Waals surface area (Å²) < 4.78 is 10.4. The van der Waals surface area contributed by atoms with Crippen LogP contribution in [0.25, 0.3) is 0 Å². The molecule has 0 bridgehead atoms. The summed E-state index contributed by atoms with van der Waals surface area (Å²) in [6.07, 6.45) is 1.000. The molecule has 92 valence electrons. The second kappa shape index (κ2) is 5.05. The Kier molecular flexibility index (Phi) is 3.49. The third-order valence-electron chi connectivity index (χ3n) is 2.79. The average Bonchev–Trinajstić information content (AvgIpc) is 2.76. The van der Waals surface area contributed by atoms with Gasteiger partial charge in [-0.15, -0.1) is 0 Å². The van der Waals surface area contributed by atoms with Crippen molar-refractivity contribution in [1.82, 2.24) is 0 Å². The van der Waals surface area contributed by atoms with E-state index in [1.165, 1.54) is 0 Å². The smallest absolute Gasteiger partial charge is 0.308 e. The summed E-state index contributed by atoms with van der Waals surface area (Å²) in [5.41, 5.74) is 0.981. The fraction of sp³-hybridized carbons (Fsp3) is 0.417. The molecule has 0 aliphatic carbocycles. The molecule has 0 aromatic heterocycles. The van der Waals surface area contributed by atoms with E-state index in [0.29, 0.717) is 24.3 Å². The molecule has 0 unspecified atom stereocenters. The van der Waals surface area contributed by atoms with E-state index in [4.69, 9.17) is 19.7 Å². The molecule has 5 heteroatoms. The van der Waals surface area contributed by atoms with Gasteiger partial charge < -0.3 is 19.7 Å². The highest BCUT2D eigenvalue weighted by molar-refractivity contribution is 5.70. The van der Waals surface area contributed by atoms with E-state index in [-0.39, 0.29) is 13.4 Å². The molecule has 1 atom stereocenters. The third kappa shape index (κ3) is 2.68. The minimum atomic E-state index is -0.965. The van der Waals surface area contributed by atoms with E-state index in [1.54, 1.807) is 0 Å². The Morgan fingerprint density at radius 1 is 1.35 bits per heavy atom. The summed E-state index contributed by atoms with van der Waals surface area (Å²) in [6, 6.07) is 5.54. The number of aliphatic carboxylic acids is 1. The Morgan fingerprint density at radius 3 is 2.82 bits per heavy atom. The predicted molar refractivity (Wildman–Crippen MR) is 59.1 cm³/mol. The normalized spacial score (nSPS) is 14.6. The van der Waals surface area contributed by atoms with Gasteiger partial charge in [-0.05, 0) is 30.5 Å². The van der Waals surface area contributed by atoms with Crippen LogP contribution < -0.4 is 9.47 Å². The largest absolute Gasteiger partial charge is 0.481 e. The maximum atomic E-state index is 10.7. The monoisotopic (exact) mass is 238 g/mol. The van der Waals surface area contributed by atoms with E-state index >= 15 is 0 Å². The summed E-state index contributed by atoms with van der Waals surface area (Å²) in [4.78, 5) is 10.7. The van der Waals surface area contributed by atoms with Gasteiger partial charge in [0.15, 0.2) is 11.5 Å². The van der Waals surface area contributed by atoms with Crippen molar-refractivity contribution in [3.63, 3.8) is 0 Å². The van der Waals surface area contributed by atoms with E-state index in [2.05, 4.69) is 0 Å². The van der Waals surface area contributed by atoms with Gasteiger partial charge in [-0.1, -0.05) is 6.07 Å². The number of hydrogen-bond donors (Lipinski definition) is 2. The molecule has 0 saturated carbocycles. The highest BCUT2D eigenvalue weighted by Crippen LogP contribution is 2.32. The van der Waals surface area contributed by atoms with Gasteiger partial charge in [-0.3, -0.25) is 4.79 Å². The van der Waals surface area contributed by atoms with E-state index < -0.39 is 11.9 Å². The van der Waals surface area contributed by atoms with Crippen LogP contribution in [0.5, 0.6) is 11.5 Å². The first-order chi connectivity index (χ1) is 8.20. The number of aryl methyl sites for hydroxylation is 1. The van der Waals surface area contributed by atoms with Gasteiger partial charge in [0.05, 0.1) is 12.5 Å². The van der Waals surface area contributed by atoms with Crippen LogP contribution in [0.4, 0.5) is 0 Å². The first-order valence-corrected chi connectivity index (χ1v) is 5.43. The predicted octanol–water partition coefficient (Wildman–Crippen LogP) is 1.04. The highest BCUT2D eigenvalue weighted by Gasteiger charge is 2.17. The van der Waals surface area contributed by atoms with Gasteiger partial charge >= 0.3 is 5.97 Å². The van der Waals surface area contributed by atoms with Crippen molar-refractivity contribution in [1.29, 1.82) is 0 Å². The lowest BCUT2D eigenvalue weighted by Crippen LogP contribution is -2.18. The zero-order chi connectivity index (χ0) is 12.3. The number of ether oxygens (including phenoxy) is 2. The number of aliphatic hydroxyl groups excluding tert-OH is 1. The molecule has 1 aliphatic rings. The molecule has 0 amide bonds. The molecular weight excluding hydrogens is 224 g/mol. The second-order valence-electron chi connectivity index (χ2n) is 3.94. The van der Waals surface area contributed by atoms with Crippen molar-refractivity contribution in [2.45, 2.75) is 12.8 Å². The fourth-order valence-corrected chi connectivity index (χ4v) is 1.73. The van der Waals surface area contributed by atoms with Crippen molar-refractivity contribution in [2.75, 3.05) is 13.4 Å². The van der Waals surface area contributed by atoms with Crippen molar-refractivity contribution in [3.05, 3.63) is 23.8 Å². The van der Waals surface area contributed by atoms with Gasteiger partial charge in [0, 0.05) is 0 Å². The number of aliphatic hydroxyl groups is 1. The van der Waals surface area contributed by atoms with Gasteiger partial charge in [0.2, 0.25) is 6.79 Å². The Balaban J connectivity index is 1.97. The zero-order valence-corrected chi connectivity index (χ0v) is 9.26. The minimum Gasteiger partial charge on any atom is -0.481 e. The van der Waals surface area contributed by atoms with Crippen LogP contribution in [0, 0.1) is 5.92 Å². The van der Waals surface area contributed by atoms with Crippen LogP contribution in [-0.4, -0.2) is 29.6 Å². The summed E-state index contributed by atoms with van der Waals surface area (Å²) in [5, 5.41) is 17.7. The third-order valence-corrected chi connectivity index (χ3v) is 2.79. The molecule has 5 nitrogen and oxygen atoms in total. The molecule has 0 fully saturated rings. The maximum absolute atomic E-state index is 10.7. The van der Waals surface area contributed by atoms with Crippen molar-refractivity contribution in [3.8, 4) is 11.5 Å². The number of carboxylic acid groups (broad SMARTS) is 1. The number of carbonyl (C=O) groups is 1. The molecule has 2 N–H and O–H groups in total. The molecule has 0 saturated heterocycles. The number of carboxylic acids is 1. The number of hydrogen-bond acceptors (Lipinski definition) is 4. The van der Waals surface area contributed by atoms with Crippen LogP contribution in [0.1, 0.15) is 12.0 Å². The first kappa shape index (κ1) is 11.7. The number of fused-ring (bicyclic) bond motifs is 1. The maximum Gasteiger partial charge on any atom is 0.308 e. The lowest BCUT2D eigenvalue weighted by atomic mass is 10.00. The molecule has 2 rings (SSSR count). The minimum absolute atomic E-state index is 0.229. The van der Waals surface area contributed by atoms with Gasteiger partial charge in [-0.25, -0.2) is 0 Å². The zero-order valence-electron chi connectivity index (χ0n) is 9.26. The Hall–Kier alpha value is -1.75. The summed E-state index contributed by atoms with van der Waals surface area (Å²) in [7, 11) is 0. The molecule has 1 aromatic rings. The lowest BCUT2D eigenvalue weighted by molar-refractivity contribution is -0.143. The van der Waals surface area contributed by atoms with E-state index in [1.807, 2.05) is 18.2 Å². The van der Waals surface area contributed by atoms with Crippen molar-refractivity contribution in [2.24, 2.45) is 5.92 Å². The molecule has 1 heterocycles. The van der Waals surface area contributed by atoms with Gasteiger partial charge in [0.1, 0.15) is 0 Å². The second-order valence-corrected chi connectivity index (χ2v) is 3.94. The average molecular weight is 238 g/mol. The molecule has 17 heavy (non-hydrogen) atoms. The summed E-state index contributed by atoms with van der Waals surface area (Å²) in [5.74, 6) is -0.266. The molecular formula is C12H14O5. The Bertz CT molecular complexity index is 415.